The first-order chi connectivity index (χ1) is 8.78. The second-order valence-electron chi connectivity index (χ2n) is 4.11. The maximum absolute atomic E-state index is 5.89. The number of hydrogen-bond acceptors (Lipinski definition) is 6. The molecule has 3 rings (SSSR count). The zero-order valence-corrected chi connectivity index (χ0v) is 9.92. The lowest BCUT2D eigenvalue weighted by atomic mass is 10.1. The number of methoxy groups -OCH3 is 1. The van der Waals surface area contributed by atoms with E-state index < -0.39 is 0 Å². The minimum absolute atomic E-state index is 0.0524. The van der Waals surface area contributed by atoms with E-state index in [9.17, 15) is 0 Å². The first-order valence-corrected chi connectivity index (χ1v) is 5.62. The smallest absolute Gasteiger partial charge is 0.252 e. The Morgan fingerprint density at radius 1 is 1.50 bits per heavy atom. The molecule has 94 valence electrons. The molecule has 1 aliphatic heterocycles. The Labute approximate surface area is 104 Å². The minimum atomic E-state index is -0.0524. The van der Waals surface area contributed by atoms with E-state index in [1.807, 2.05) is 18.2 Å². The number of hydrogen-bond donors (Lipinski definition) is 1. The van der Waals surface area contributed by atoms with Gasteiger partial charge in [0.25, 0.3) is 5.89 Å². The van der Waals surface area contributed by atoms with Crippen LogP contribution < -0.4 is 10.5 Å². The lowest BCUT2D eigenvalue weighted by Gasteiger charge is -2.01. The molecule has 6 heteroatoms. The molecular weight excluding hydrogens is 234 g/mol. The van der Waals surface area contributed by atoms with Gasteiger partial charge in [0.1, 0.15) is 19.0 Å². The molecule has 0 saturated heterocycles. The predicted molar refractivity (Wildman–Crippen MR) is 62.9 cm³/mol. The quantitative estimate of drug-likeness (QED) is 0.879. The molecule has 0 amide bonds. The molecule has 0 bridgehead atoms. The number of ether oxygens (including phenoxy) is 2. The molecule has 0 saturated carbocycles. The molecule has 0 spiro atoms. The van der Waals surface area contributed by atoms with Crippen LogP contribution in [0.3, 0.4) is 0 Å². The van der Waals surface area contributed by atoms with Crippen molar-refractivity contribution in [2.45, 2.75) is 12.6 Å². The van der Waals surface area contributed by atoms with Crippen molar-refractivity contribution in [3.05, 3.63) is 29.7 Å². The fraction of sp³-hybridized carbons (Fsp3) is 0.333. The van der Waals surface area contributed by atoms with Crippen molar-refractivity contribution >= 4 is 0 Å². The van der Waals surface area contributed by atoms with E-state index in [1.165, 1.54) is 0 Å². The van der Waals surface area contributed by atoms with Crippen molar-refractivity contribution in [2.24, 2.45) is 5.73 Å². The van der Waals surface area contributed by atoms with Crippen LogP contribution >= 0.6 is 0 Å². The summed E-state index contributed by atoms with van der Waals surface area (Å²) in [6.45, 7) is 0.819. The van der Waals surface area contributed by atoms with E-state index in [-0.39, 0.29) is 6.04 Å². The van der Waals surface area contributed by atoms with Gasteiger partial charge in [0, 0.05) is 18.2 Å². The van der Waals surface area contributed by atoms with E-state index >= 15 is 0 Å². The van der Waals surface area contributed by atoms with Gasteiger partial charge < -0.3 is 19.7 Å². The van der Waals surface area contributed by atoms with Gasteiger partial charge in [-0.15, -0.1) is 0 Å². The first kappa shape index (κ1) is 11.2. The standard InChI is InChI=1S/C12H13N3O3/c1-16-6-11-14-12(15-18-11)7-2-3-8-9(13)5-17-10(8)4-7/h2-4,9H,5-6,13H2,1H3. The predicted octanol–water partition coefficient (Wildman–Crippen LogP) is 1.28. The second kappa shape index (κ2) is 4.40. The zero-order chi connectivity index (χ0) is 12.5. The summed E-state index contributed by atoms with van der Waals surface area (Å²) in [4.78, 5) is 4.23. The van der Waals surface area contributed by atoms with E-state index in [0.717, 1.165) is 16.9 Å². The van der Waals surface area contributed by atoms with E-state index in [2.05, 4.69) is 10.1 Å². The van der Waals surface area contributed by atoms with Gasteiger partial charge in [-0.2, -0.15) is 4.98 Å². The Kier molecular flexibility index (Phi) is 2.73. The highest BCUT2D eigenvalue weighted by Crippen LogP contribution is 2.33. The maximum atomic E-state index is 5.89. The Morgan fingerprint density at radius 2 is 2.39 bits per heavy atom. The number of nitrogens with zero attached hydrogens (tertiary/aromatic N) is 2. The van der Waals surface area contributed by atoms with Crippen molar-refractivity contribution in [3.8, 4) is 17.1 Å². The molecule has 1 unspecified atom stereocenters. The van der Waals surface area contributed by atoms with Crippen LogP contribution in [-0.2, 0) is 11.3 Å². The minimum Gasteiger partial charge on any atom is -0.491 e. The largest absolute Gasteiger partial charge is 0.491 e. The Bertz CT molecular complexity index is 567. The van der Waals surface area contributed by atoms with Gasteiger partial charge >= 0.3 is 0 Å². The Hall–Kier alpha value is -1.92. The van der Waals surface area contributed by atoms with Crippen molar-refractivity contribution in [1.29, 1.82) is 0 Å². The van der Waals surface area contributed by atoms with Crippen LogP contribution in [-0.4, -0.2) is 23.9 Å². The SMILES string of the molecule is COCc1nc(-c2ccc3c(c2)OCC3N)no1. The summed E-state index contributed by atoms with van der Waals surface area (Å²) in [7, 11) is 1.58. The number of aromatic nitrogens is 2. The molecule has 0 fully saturated rings. The molecule has 1 atom stereocenters. The van der Waals surface area contributed by atoms with Crippen molar-refractivity contribution in [1.82, 2.24) is 10.1 Å². The average Bonchev–Trinajstić information content (AvgIpc) is 2.97. The highest BCUT2D eigenvalue weighted by Gasteiger charge is 2.21. The van der Waals surface area contributed by atoms with Gasteiger partial charge in [0.05, 0.1) is 6.04 Å². The summed E-state index contributed by atoms with van der Waals surface area (Å²) >= 11 is 0. The number of rotatable bonds is 3. The van der Waals surface area contributed by atoms with Crippen molar-refractivity contribution in [3.63, 3.8) is 0 Å². The highest BCUT2D eigenvalue weighted by molar-refractivity contribution is 5.60. The third-order valence-corrected chi connectivity index (χ3v) is 2.83. The van der Waals surface area contributed by atoms with Crippen LogP contribution in [0.1, 0.15) is 17.5 Å². The lowest BCUT2D eigenvalue weighted by Crippen LogP contribution is -2.10. The van der Waals surface area contributed by atoms with Gasteiger partial charge in [0.2, 0.25) is 5.82 Å². The van der Waals surface area contributed by atoms with Crippen LogP contribution in [0.5, 0.6) is 5.75 Å². The Morgan fingerprint density at radius 3 is 3.22 bits per heavy atom. The van der Waals surface area contributed by atoms with Gasteiger partial charge in [-0.05, 0) is 6.07 Å². The van der Waals surface area contributed by atoms with E-state index in [4.69, 9.17) is 19.7 Å². The van der Waals surface area contributed by atoms with Crippen LogP contribution in [0.15, 0.2) is 22.7 Å². The van der Waals surface area contributed by atoms with E-state index in [1.54, 1.807) is 7.11 Å². The fourth-order valence-electron chi connectivity index (χ4n) is 1.93. The monoisotopic (exact) mass is 247 g/mol. The second-order valence-corrected chi connectivity index (χ2v) is 4.11. The third-order valence-electron chi connectivity index (χ3n) is 2.83. The molecule has 1 aromatic heterocycles. The molecule has 1 aliphatic rings. The lowest BCUT2D eigenvalue weighted by molar-refractivity contribution is 0.151. The zero-order valence-electron chi connectivity index (χ0n) is 9.92. The topological polar surface area (TPSA) is 83.4 Å². The summed E-state index contributed by atoms with van der Waals surface area (Å²) in [6.07, 6.45) is 0. The number of fused-ring (bicyclic) bond motifs is 1. The Balaban J connectivity index is 1.92. The summed E-state index contributed by atoms with van der Waals surface area (Å²) in [5.41, 5.74) is 7.74. The van der Waals surface area contributed by atoms with Crippen LogP contribution in [0, 0.1) is 0 Å². The van der Waals surface area contributed by atoms with Crippen molar-refractivity contribution < 1.29 is 14.0 Å². The summed E-state index contributed by atoms with van der Waals surface area (Å²) in [5.74, 6) is 1.76. The maximum Gasteiger partial charge on any atom is 0.252 e. The summed E-state index contributed by atoms with van der Waals surface area (Å²) in [6, 6.07) is 5.68. The molecule has 2 heterocycles. The molecule has 2 aromatic rings. The molecule has 0 aliphatic carbocycles. The molecule has 1 aromatic carbocycles. The fourth-order valence-corrected chi connectivity index (χ4v) is 1.93. The highest BCUT2D eigenvalue weighted by atomic mass is 16.5. The molecule has 0 radical (unpaired) electrons. The van der Waals surface area contributed by atoms with Gasteiger partial charge in [-0.25, -0.2) is 0 Å². The van der Waals surface area contributed by atoms with Gasteiger partial charge in [-0.1, -0.05) is 17.3 Å². The van der Waals surface area contributed by atoms with E-state index in [0.29, 0.717) is 24.9 Å². The van der Waals surface area contributed by atoms with Crippen LogP contribution in [0.25, 0.3) is 11.4 Å². The van der Waals surface area contributed by atoms with Gasteiger partial charge in [-0.3, -0.25) is 0 Å². The van der Waals surface area contributed by atoms with Crippen LogP contribution in [0.4, 0.5) is 0 Å². The third kappa shape index (κ3) is 1.85. The molecule has 18 heavy (non-hydrogen) atoms. The van der Waals surface area contributed by atoms with Gasteiger partial charge in [0.15, 0.2) is 0 Å². The summed E-state index contributed by atoms with van der Waals surface area (Å²) < 4.78 is 15.5. The summed E-state index contributed by atoms with van der Waals surface area (Å²) in [5, 5.41) is 3.90. The normalized spacial score (nSPS) is 17.6. The first-order valence-electron chi connectivity index (χ1n) is 5.62. The number of nitrogens with two attached hydrogens (primary N) is 1. The molecule has 2 N–H and O–H groups in total. The number of benzene rings is 1. The van der Waals surface area contributed by atoms with Crippen molar-refractivity contribution in [2.75, 3.05) is 13.7 Å². The molecular formula is C12H13N3O3. The molecule has 6 nitrogen and oxygen atoms in total. The van der Waals surface area contributed by atoms with Crippen LogP contribution in [0.2, 0.25) is 0 Å². The average molecular weight is 247 g/mol.